The lowest BCUT2D eigenvalue weighted by Crippen LogP contribution is -2.29. The van der Waals surface area contributed by atoms with Crippen molar-refractivity contribution in [2.24, 2.45) is 0 Å². The number of rotatable bonds is 6. The molecule has 0 amide bonds. The summed E-state index contributed by atoms with van der Waals surface area (Å²) >= 11 is 17.0. The highest BCUT2D eigenvalue weighted by Gasteiger charge is 2.29. The van der Waals surface area contributed by atoms with Gasteiger partial charge in [-0.25, -0.2) is 0 Å². The third-order valence-electron chi connectivity index (χ3n) is 1.84. The van der Waals surface area contributed by atoms with Crippen LogP contribution in [0.2, 0.25) is 0 Å². The molecule has 6 heteroatoms. The molecule has 0 aliphatic carbocycles. The fourth-order valence-corrected chi connectivity index (χ4v) is 1.68. The number of hydrogen-bond donors (Lipinski definition) is 3. The van der Waals surface area contributed by atoms with Gasteiger partial charge in [-0.15, -0.1) is 11.6 Å². The van der Waals surface area contributed by atoms with Crippen molar-refractivity contribution in [2.75, 3.05) is 0 Å². The molecule has 0 bridgehead atoms. The Hall–Kier alpha value is 0.490. The van der Waals surface area contributed by atoms with Gasteiger partial charge in [0.25, 0.3) is 0 Å². The average Bonchev–Trinajstić information content (AvgIpc) is 2.14. The van der Waals surface area contributed by atoms with Gasteiger partial charge >= 0.3 is 5.97 Å². The first-order valence-corrected chi connectivity index (χ1v) is 5.86. The van der Waals surface area contributed by atoms with Crippen molar-refractivity contribution >= 4 is 34.8 Å². The number of unbranched alkanes of at least 4 members (excludes halogenated alkanes) is 2. The topological polar surface area (TPSA) is 60.7 Å². The van der Waals surface area contributed by atoms with Crippen molar-refractivity contribution in [1.82, 2.24) is 0 Å². The first-order chi connectivity index (χ1) is 6.80. The van der Waals surface area contributed by atoms with E-state index in [-0.39, 0.29) is 5.03 Å². The molecule has 0 aromatic carbocycles. The van der Waals surface area contributed by atoms with Gasteiger partial charge in [-0.2, -0.15) is 0 Å². The summed E-state index contributed by atoms with van der Waals surface area (Å²) in [5, 5.41) is 24.9. The lowest BCUT2D eigenvalue weighted by Gasteiger charge is -2.17. The van der Waals surface area contributed by atoms with Gasteiger partial charge < -0.3 is 15.3 Å². The third kappa shape index (κ3) is 5.95. The standard InChI is InChI=1S/C9H15Cl3O3/c1-2-3-4-5-6(10)7(11)8(12)9(13,14)15/h6,13-15H,2-5H2,1H3. The summed E-state index contributed by atoms with van der Waals surface area (Å²) in [4.78, 5) is 0. The van der Waals surface area contributed by atoms with Crippen LogP contribution in [0.15, 0.2) is 10.1 Å². The minimum Gasteiger partial charge on any atom is -0.339 e. The van der Waals surface area contributed by atoms with Crippen LogP contribution in [-0.2, 0) is 0 Å². The fourth-order valence-electron chi connectivity index (χ4n) is 0.998. The predicted octanol–water partition coefficient (Wildman–Crippen LogP) is 2.49. The van der Waals surface area contributed by atoms with Crippen LogP contribution in [0.1, 0.15) is 32.6 Å². The Morgan fingerprint density at radius 2 is 1.73 bits per heavy atom. The van der Waals surface area contributed by atoms with Crippen LogP contribution >= 0.6 is 34.8 Å². The van der Waals surface area contributed by atoms with E-state index < -0.39 is 16.4 Å². The van der Waals surface area contributed by atoms with Gasteiger partial charge in [-0.3, -0.25) is 0 Å². The van der Waals surface area contributed by atoms with E-state index in [1.165, 1.54) is 0 Å². The Labute approximate surface area is 104 Å². The van der Waals surface area contributed by atoms with E-state index in [2.05, 4.69) is 0 Å². The molecule has 3 nitrogen and oxygen atoms in total. The van der Waals surface area contributed by atoms with Crippen LogP contribution in [0.5, 0.6) is 0 Å². The molecule has 0 aromatic rings. The van der Waals surface area contributed by atoms with Crippen molar-refractivity contribution in [3.8, 4) is 0 Å². The molecule has 0 aliphatic rings. The van der Waals surface area contributed by atoms with E-state index in [9.17, 15) is 0 Å². The number of hydrogen-bond acceptors (Lipinski definition) is 3. The number of allylic oxidation sites excluding steroid dienone is 1. The Bertz CT molecular complexity index is 223. The van der Waals surface area contributed by atoms with Gasteiger partial charge in [0, 0.05) is 0 Å². The molecule has 3 N–H and O–H groups in total. The lowest BCUT2D eigenvalue weighted by molar-refractivity contribution is -0.277. The Morgan fingerprint density at radius 3 is 2.13 bits per heavy atom. The minimum atomic E-state index is -3.11. The van der Waals surface area contributed by atoms with Crippen LogP contribution in [0, 0.1) is 0 Å². The summed E-state index contributed by atoms with van der Waals surface area (Å²) in [6.45, 7) is 2.05. The van der Waals surface area contributed by atoms with Crippen molar-refractivity contribution in [2.45, 2.75) is 44.0 Å². The van der Waals surface area contributed by atoms with Gasteiger partial charge in [0.2, 0.25) is 0 Å². The van der Waals surface area contributed by atoms with Crippen LogP contribution < -0.4 is 0 Å². The van der Waals surface area contributed by atoms with E-state index in [4.69, 9.17) is 50.1 Å². The molecule has 0 aromatic heterocycles. The largest absolute Gasteiger partial charge is 0.339 e. The van der Waals surface area contributed by atoms with Gasteiger partial charge in [0.1, 0.15) is 5.03 Å². The molecule has 0 rings (SSSR count). The molecule has 0 heterocycles. The van der Waals surface area contributed by atoms with E-state index in [0.29, 0.717) is 6.42 Å². The van der Waals surface area contributed by atoms with Gasteiger partial charge in [-0.1, -0.05) is 49.4 Å². The molecule has 0 saturated heterocycles. The van der Waals surface area contributed by atoms with Gasteiger partial charge in [0.15, 0.2) is 0 Å². The number of aliphatic hydroxyl groups is 3. The molecule has 15 heavy (non-hydrogen) atoms. The highest BCUT2D eigenvalue weighted by molar-refractivity contribution is 6.43. The zero-order valence-corrected chi connectivity index (χ0v) is 10.6. The minimum absolute atomic E-state index is 0.137. The van der Waals surface area contributed by atoms with Crippen LogP contribution in [0.4, 0.5) is 0 Å². The SMILES string of the molecule is CCCCCC(Cl)C(Cl)=C(Cl)C(O)(O)O. The zero-order chi connectivity index (χ0) is 12.1. The van der Waals surface area contributed by atoms with Crippen molar-refractivity contribution in [3.05, 3.63) is 10.1 Å². The number of halogens is 3. The molecule has 1 unspecified atom stereocenters. The van der Waals surface area contributed by atoms with Crippen LogP contribution in [0.25, 0.3) is 0 Å². The van der Waals surface area contributed by atoms with Crippen molar-refractivity contribution in [1.29, 1.82) is 0 Å². The maximum atomic E-state index is 8.76. The van der Waals surface area contributed by atoms with Crippen molar-refractivity contribution < 1.29 is 15.3 Å². The van der Waals surface area contributed by atoms with E-state index >= 15 is 0 Å². The highest BCUT2D eigenvalue weighted by atomic mass is 35.5. The molecule has 0 saturated carbocycles. The zero-order valence-electron chi connectivity index (χ0n) is 8.38. The second-order valence-corrected chi connectivity index (χ2v) is 4.57. The summed E-state index contributed by atoms with van der Waals surface area (Å²) < 4.78 is 0. The van der Waals surface area contributed by atoms with E-state index in [0.717, 1.165) is 19.3 Å². The second kappa shape index (κ2) is 6.94. The Kier molecular flexibility index (Phi) is 7.17. The molecule has 1 atom stereocenters. The van der Waals surface area contributed by atoms with Gasteiger partial charge in [0.05, 0.1) is 10.4 Å². The third-order valence-corrected chi connectivity index (χ3v) is 3.39. The first-order valence-electron chi connectivity index (χ1n) is 4.67. The van der Waals surface area contributed by atoms with E-state index in [1.54, 1.807) is 0 Å². The lowest BCUT2D eigenvalue weighted by atomic mass is 10.1. The summed E-state index contributed by atoms with van der Waals surface area (Å²) in [5.74, 6) is -3.11. The molecular formula is C9H15Cl3O3. The summed E-state index contributed by atoms with van der Waals surface area (Å²) in [7, 11) is 0. The molecule has 0 aliphatic heterocycles. The van der Waals surface area contributed by atoms with Crippen LogP contribution in [-0.4, -0.2) is 26.7 Å². The second-order valence-electron chi connectivity index (χ2n) is 3.26. The molecular weight excluding hydrogens is 262 g/mol. The molecule has 0 fully saturated rings. The van der Waals surface area contributed by atoms with Crippen LogP contribution in [0.3, 0.4) is 0 Å². The highest BCUT2D eigenvalue weighted by Crippen LogP contribution is 2.30. The summed E-state index contributed by atoms with van der Waals surface area (Å²) in [6, 6.07) is 0. The van der Waals surface area contributed by atoms with Gasteiger partial charge in [-0.05, 0) is 6.42 Å². The molecule has 0 radical (unpaired) electrons. The predicted molar refractivity (Wildman–Crippen MR) is 61.9 cm³/mol. The summed E-state index contributed by atoms with van der Waals surface area (Å²) in [6.07, 6.45) is 3.48. The Morgan fingerprint density at radius 1 is 1.20 bits per heavy atom. The fraction of sp³-hybridized carbons (Fsp3) is 0.778. The number of alkyl halides is 1. The monoisotopic (exact) mass is 276 g/mol. The first kappa shape index (κ1) is 15.5. The Balaban J connectivity index is 4.35. The molecule has 0 spiro atoms. The smallest absolute Gasteiger partial charge is 0.316 e. The maximum absolute atomic E-state index is 8.76. The average molecular weight is 278 g/mol. The normalized spacial score (nSPS) is 16.2. The van der Waals surface area contributed by atoms with Crippen molar-refractivity contribution in [3.63, 3.8) is 0 Å². The summed E-state index contributed by atoms with van der Waals surface area (Å²) in [5.41, 5.74) is 0. The quantitative estimate of drug-likeness (QED) is 0.397. The maximum Gasteiger partial charge on any atom is 0.316 e. The molecule has 90 valence electrons. The van der Waals surface area contributed by atoms with E-state index in [1.807, 2.05) is 6.92 Å².